The molecule has 0 bridgehead atoms. The third-order valence-electron chi connectivity index (χ3n) is 3.64. The Morgan fingerprint density at radius 1 is 1.56 bits per heavy atom. The molecule has 0 spiro atoms. The van der Waals surface area contributed by atoms with Crippen LogP contribution in [0.3, 0.4) is 0 Å². The summed E-state index contributed by atoms with van der Waals surface area (Å²) in [5.74, 6) is 1.65. The van der Waals surface area contributed by atoms with Gasteiger partial charge in [0.25, 0.3) is 0 Å². The molecule has 4 heteroatoms. The van der Waals surface area contributed by atoms with E-state index < -0.39 is 0 Å². The predicted octanol–water partition coefficient (Wildman–Crippen LogP) is 1.28. The highest BCUT2D eigenvalue weighted by Crippen LogP contribution is 2.26. The highest BCUT2D eigenvalue weighted by molar-refractivity contribution is 5.14. The standard InChI is InChI=1S/C12H22N4/c1-12(2,13-3)11-14-7-10(15-11)9-5-6-16(4)8-9/h7,9,13H,5-6,8H2,1-4H3,(H,14,15). The summed E-state index contributed by atoms with van der Waals surface area (Å²) in [6.45, 7) is 6.60. The number of likely N-dealkylation sites (tertiary alicyclic amines) is 1. The van der Waals surface area contributed by atoms with Gasteiger partial charge in [-0.1, -0.05) is 0 Å². The first-order valence-corrected chi connectivity index (χ1v) is 5.96. The van der Waals surface area contributed by atoms with Crippen molar-refractivity contribution in [1.82, 2.24) is 20.2 Å². The molecule has 90 valence electrons. The minimum absolute atomic E-state index is 0.0806. The Balaban J connectivity index is 2.14. The van der Waals surface area contributed by atoms with Crippen LogP contribution in [0.2, 0.25) is 0 Å². The maximum atomic E-state index is 4.49. The Hall–Kier alpha value is -0.870. The molecule has 1 aromatic rings. The van der Waals surface area contributed by atoms with Gasteiger partial charge in [0.15, 0.2) is 0 Å². The van der Waals surface area contributed by atoms with Crippen molar-refractivity contribution in [1.29, 1.82) is 0 Å². The fraction of sp³-hybridized carbons (Fsp3) is 0.750. The lowest BCUT2D eigenvalue weighted by Crippen LogP contribution is -2.34. The molecule has 1 fully saturated rings. The molecule has 2 N–H and O–H groups in total. The Morgan fingerprint density at radius 3 is 2.88 bits per heavy atom. The maximum absolute atomic E-state index is 4.49. The van der Waals surface area contributed by atoms with E-state index in [1.807, 2.05) is 13.2 Å². The van der Waals surface area contributed by atoms with Gasteiger partial charge in [0.2, 0.25) is 0 Å². The van der Waals surface area contributed by atoms with Crippen molar-refractivity contribution >= 4 is 0 Å². The number of H-pyrrole nitrogens is 1. The third-order valence-corrected chi connectivity index (χ3v) is 3.64. The predicted molar refractivity (Wildman–Crippen MR) is 65.5 cm³/mol. The summed E-state index contributed by atoms with van der Waals surface area (Å²) in [5.41, 5.74) is 1.20. The average Bonchev–Trinajstić information content (AvgIpc) is 2.85. The summed E-state index contributed by atoms with van der Waals surface area (Å²) < 4.78 is 0. The van der Waals surface area contributed by atoms with Crippen molar-refractivity contribution in [3.05, 3.63) is 17.7 Å². The molecule has 2 rings (SSSR count). The van der Waals surface area contributed by atoms with Crippen LogP contribution in [0.5, 0.6) is 0 Å². The van der Waals surface area contributed by atoms with Crippen molar-refractivity contribution in [3.8, 4) is 0 Å². The van der Waals surface area contributed by atoms with Gasteiger partial charge in [-0.15, -0.1) is 0 Å². The number of aromatic nitrogens is 2. The van der Waals surface area contributed by atoms with Gasteiger partial charge in [-0.25, -0.2) is 4.98 Å². The minimum Gasteiger partial charge on any atom is -0.344 e. The van der Waals surface area contributed by atoms with Crippen LogP contribution in [0, 0.1) is 0 Å². The first-order valence-electron chi connectivity index (χ1n) is 5.96. The monoisotopic (exact) mass is 222 g/mol. The number of hydrogen-bond acceptors (Lipinski definition) is 3. The molecule has 0 aromatic carbocycles. The second kappa shape index (κ2) is 4.18. The average molecular weight is 222 g/mol. The van der Waals surface area contributed by atoms with Crippen molar-refractivity contribution < 1.29 is 0 Å². The summed E-state index contributed by atoms with van der Waals surface area (Å²) in [5, 5.41) is 3.27. The molecule has 1 aliphatic heterocycles. The summed E-state index contributed by atoms with van der Waals surface area (Å²) >= 11 is 0. The smallest absolute Gasteiger partial charge is 0.126 e. The van der Waals surface area contributed by atoms with E-state index in [1.165, 1.54) is 18.7 Å². The first-order chi connectivity index (χ1) is 7.53. The van der Waals surface area contributed by atoms with Crippen LogP contribution < -0.4 is 5.32 Å². The second-order valence-corrected chi connectivity index (χ2v) is 5.31. The summed E-state index contributed by atoms with van der Waals surface area (Å²) in [6, 6.07) is 0. The van der Waals surface area contributed by atoms with Crippen molar-refractivity contribution in [2.24, 2.45) is 0 Å². The molecule has 0 amide bonds. The van der Waals surface area contributed by atoms with Crippen LogP contribution in [-0.2, 0) is 5.54 Å². The van der Waals surface area contributed by atoms with E-state index in [1.54, 1.807) is 0 Å². The van der Waals surface area contributed by atoms with E-state index in [0.717, 1.165) is 12.4 Å². The van der Waals surface area contributed by atoms with Crippen LogP contribution in [-0.4, -0.2) is 42.1 Å². The Bertz CT molecular complexity index is 356. The van der Waals surface area contributed by atoms with Crippen molar-refractivity contribution in [2.45, 2.75) is 31.7 Å². The van der Waals surface area contributed by atoms with Crippen LogP contribution >= 0.6 is 0 Å². The van der Waals surface area contributed by atoms with Crippen molar-refractivity contribution in [3.63, 3.8) is 0 Å². The molecule has 1 unspecified atom stereocenters. The maximum Gasteiger partial charge on any atom is 0.126 e. The fourth-order valence-corrected chi connectivity index (χ4v) is 2.17. The lowest BCUT2D eigenvalue weighted by atomic mass is 10.0. The van der Waals surface area contributed by atoms with Gasteiger partial charge in [-0.3, -0.25) is 0 Å². The number of hydrogen-bond donors (Lipinski definition) is 2. The Kier molecular flexibility index (Phi) is 3.04. The van der Waals surface area contributed by atoms with Crippen LogP contribution in [0.4, 0.5) is 0 Å². The van der Waals surface area contributed by atoms with E-state index >= 15 is 0 Å². The molecule has 0 radical (unpaired) electrons. The third kappa shape index (κ3) is 2.13. The molecule has 1 atom stereocenters. The van der Waals surface area contributed by atoms with E-state index in [9.17, 15) is 0 Å². The van der Waals surface area contributed by atoms with Crippen LogP contribution in [0.1, 0.15) is 37.7 Å². The first kappa shape index (κ1) is 11.6. The van der Waals surface area contributed by atoms with Gasteiger partial charge in [0.05, 0.1) is 5.54 Å². The zero-order valence-electron chi connectivity index (χ0n) is 10.7. The second-order valence-electron chi connectivity index (χ2n) is 5.31. The van der Waals surface area contributed by atoms with Gasteiger partial charge < -0.3 is 15.2 Å². The van der Waals surface area contributed by atoms with Gasteiger partial charge in [0, 0.05) is 24.4 Å². The normalized spacial score (nSPS) is 22.9. The van der Waals surface area contributed by atoms with Gasteiger partial charge in [-0.2, -0.15) is 0 Å². The number of likely N-dealkylation sites (N-methyl/N-ethyl adjacent to an activating group) is 1. The molecule has 1 saturated heterocycles. The lowest BCUT2D eigenvalue weighted by Gasteiger charge is -2.21. The highest BCUT2D eigenvalue weighted by atomic mass is 15.1. The number of rotatable bonds is 3. The Labute approximate surface area is 97.4 Å². The molecule has 0 saturated carbocycles. The highest BCUT2D eigenvalue weighted by Gasteiger charge is 2.26. The molecule has 4 nitrogen and oxygen atoms in total. The molecule has 1 aromatic heterocycles. The van der Waals surface area contributed by atoms with E-state index in [-0.39, 0.29) is 5.54 Å². The zero-order chi connectivity index (χ0) is 11.8. The summed E-state index contributed by atoms with van der Waals surface area (Å²) in [4.78, 5) is 10.3. The van der Waals surface area contributed by atoms with Crippen molar-refractivity contribution in [2.75, 3.05) is 27.2 Å². The summed E-state index contributed by atoms with van der Waals surface area (Å²) in [6.07, 6.45) is 3.23. The van der Waals surface area contributed by atoms with Gasteiger partial charge in [0.1, 0.15) is 5.82 Å². The zero-order valence-corrected chi connectivity index (χ0v) is 10.7. The Morgan fingerprint density at radius 2 is 2.31 bits per heavy atom. The van der Waals surface area contributed by atoms with E-state index in [0.29, 0.717) is 5.92 Å². The van der Waals surface area contributed by atoms with Crippen LogP contribution in [0.25, 0.3) is 0 Å². The number of nitrogens with zero attached hydrogens (tertiary/aromatic N) is 2. The molecule has 1 aliphatic rings. The topological polar surface area (TPSA) is 44.0 Å². The largest absolute Gasteiger partial charge is 0.344 e. The molecular weight excluding hydrogens is 200 g/mol. The van der Waals surface area contributed by atoms with Crippen LogP contribution in [0.15, 0.2) is 6.20 Å². The number of nitrogens with one attached hydrogen (secondary N) is 2. The van der Waals surface area contributed by atoms with E-state index in [4.69, 9.17) is 0 Å². The van der Waals surface area contributed by atoms with Gasteiger partial charge in [-0.05, 0) is 40.9 Å². The SMILES string of the molecule is CNC(C)(C)c1ncc(C2CCN(C)C2)[nH]1. The molecule has 2 heterocycles. The lowest BCUT2D eigenvalue weighted by molar-refractivity contribution is 0.408. The van der Waals surface area contributed by atoms with Gasteiger partial charge >= 0.3 is 0 Å². The van der Waals surface area contributed by atoms with E-state index in [2.05, 4.69) is 41.1 Å². The quantitative estimate of drug-likeness (QED) is 0.810. The molecule has 16 heavy (non-hydrogen) atoms. The number of aromatic amines is 1. The molecular formula is C12H22N4. The number of imidazole rings is 1. The summed E-state index contributed by atoms with van der Waals surface area (Å²) in [7, 11) is 4.14. The molecule has 0 aliphatic carbocycles. The fourth-order valence-electron chi connectivity index (χ4n) is 2.17. The minimum atomic E-state index is -0.0806.